The highest BCUT2D eigenvalue weighted by Gasteiger charge is 2.41. The Kier molecular flexibility index (Phi) is 5.75. The first kappa shape index (κ1) is 20.9. The lowest BCUT2D eigenvalue weighted by atomic mass is 9.89. The Labute approximate surface area is 184 Å². The monoisotopic (exact) mass is 426 g/mol. The summed E-state index contributed by atoms with van der Waals surface area (Å²) in [4.78, 5) is 28.5. The van der Waals surface area contributed by atoms with Gasteiger partial charge >= 0.3 is 0 Å². The zero-order chi connectivity index (χ0) is 21.5. The predicted molar refractivity (Wildman–Crippen MR) is 118 cm³/mol. The van der Waals surface area contributed by atoms with Crippen LogP contribution in [0.1, 0.15) is 75.1 Å². The van der Waals surface area contributed by atoms with E-state index in [9.17, 15) is 14.7 Å². The largest absolute Gasteiger partial charge is 0.374 e. The number of carbonyl (C=O) groups is 2. The summed E-state index contributed by atoms with van der Waals surface area (Å²) in [5.74, 6) is 0.335. The molecular formula is C24H34N4O3. The highest BCUT2D eigenvalue weighted by atomic mass is 16.3. The zero-order valence-electron chi connectivity index (χ0n) is 18.1. The molecule has 168 valence electrons. The molecule has 1 aromatic rings. The number of nitrogens with one attached hydrogen (secondary N) is 1. The van der Waals surface area contributed by atoms with Crippen molar-refractivity contribution in [3.63, 3.8) is 0 Å². The number of hydrogen-bond acceptors (Lipinski definition) is 6. The molecule has 0 radical (unpaired) electrons. The van der Waals surface area contributed by atoms with Crippen molar-refractivity contribution >= 4 is 17.5 Å². The molecule has 5 rings (SSSR count). The Morgan fingerprint density at radius 2 is 1.87 bits per heavy atom. The highest BCUT2D eigenvalue weighted by Crippen LogP contribution is 2.42. The number of benzene rings is 1. The van der Waals surface area contributed by atoms with Gasteiger partial charge in [0.2, 0.25) is 11.8 Å². The standard InChI is InChI=1S/C24H34N4O3/c25-16-6-8-17(9-7-16)27(13-12-15-4-5-15)20-3-1-2-18-19(20)14-28(24(18)31)21-10-11-22(29)26-23(21)30/h1-3,15-17,21,24,31H,4-14,25H2,(H,26,29,30)/t16-,17-,21?,24?. The van der Waals surface area contributed by atoms with Crippen LogP contribution in [0.5, 0.6) is 0 Å². The van der Waals surface area contributed by atoms with Gasteiger partial charge in [-0.15, -0.1) is 0 Å². The molecule has 1 aromatic carbocycles. The van der Waals surface area contributed by atoms with E-state index in [0.29, 0.717) is 31.5 Å². The van der Waals surface area contributed by atoms with Gasteiger partial charge in [-0.25, -0.2) is 0 Å². The third-order valence-corrected chi connectivity index (χ3v) is 7.70. The van der Waals surface area contributed by atoms with Crippen molar-refractivity contribution in [2.45, 2.75) is 88.7 Å². The molecule has 2 unspecified atom stereocenters. The maximum Gasteiger partial charge on any atom is 0.244 e. The van der Waals surface area contributed by atoms with E-state index in [1.807, 2.05) is 17.0 Å². The summed E-state index contributed by atoms with van der Waals surface area (Å²) in [6.45, 7) is 1.57. The molecule has 2 amide bonds. The summed E-state index contributed by atoms with van der Waals surface area (Å²) in [5, 5.41) is 13.5. The molecular weight excluding hydrogens is 392 g/mol. The van der Waals surface area contributed by atoms with E-state index in [-0.39, 0.29) is 11.8 Å². The zero-order valence-corrected chi connectivity index (χ0v) is 18.1. The van der Waals surface area contributed by atoms with Crippen LogP contribution in [0.2, 0.25) is 0 Å². The lowest BCUT2D eigenvalue weighted by molar-refractivity contribution is -0.141. The molecule has 2 saturated carbocycles. The second kappa shape index (κ2) is 8.52. The molecule has 31 heavy (non-hydrogen) atoms. The van der Waals surface area contributed by atoms with Gasteiger partial charge in [0.1, 0.15) is 6.23 Å². The number of aliphatic hydroxyl groups is 1. The number of fused-ring (bicyclic) bond motifs is 1. The van der Waals surface area contributed by atoms with E-state index in [1.165, 1.54) is 24.9 Å². The first-order valence-corrected chi connectivity index (χ1v) is 11.9. The van der Waals surface area contributed by atoms with Crippen molar-refractivity contribution in [3.8, 4) is 0 Å². The first-order chi connectivity index (χ1) is 15.0. The molecule has 4 N–H and O–H groups in total. The van der Waals surface area contributed by atoms with Crippen molar-refractivity contribution < 1.29 is 14.7 Å². The molecule has 1 saturated heterocycles. The number of anilines is 1. The van der Waals surface area contributed by atoms with Crippen LogP contribution in [0.25, 0.3) is 0 Å². The third kappa shape index (κ3) is 4.23. The molecule has 4 aliphatic rings. The molecule has 2 atom stereocenters. The van der Waals surface area contributed by atoms with Gasteiger partial charge in [-0.1, -0.05) is 25.0 Å². The smallest absolute Gasteiger partial charge is 0.244 e. The molecule has 0 aromatic heterocycles. The van der Waals surface area contributed by atoms with Gasteiger partial charge in [0.25, 0.3) is 0 Å². The van der Waals surface area contributed by atoms with Crippen molar-refractivity contribution in [3.05, 3.63) is 29.3 Å². The summed E-state index contributed by atoms with van der Waals surface area (Å²) in [5.41, 5.74) is 9.41. The summed E-state index contributed by atoms with van der Waals surface area (Å²) >= 11 is 0. The number of aliphatic hydroxyl groups excluding tert-OH is 1. The van der Waals surface area contributed by atoms with Crippen LogP contribution in [-0.2, 0) is 16.1 Å². The summed E-state index contributed by atoms with van der Waals surface area (Å²) in [6, 6.07) is 6.51. The quantitative estimate of drug-likeness (QED) is 0.603. The van der Waals surface area contributed by atoms with Gasteiger partial charge in [-0.3, -0.25) is 19.8 Å². The normalized spacial score (nSPS) is 31.4. The number of carbonyl (C=O) groups excluding carboxylic acids is 2. The molecule has 7 nitrogen and oxygen atoms in total. The fourth-order valence-electron chi connectivity index (χ4n) is 5.64. The van der Waals surface area contributed by atoms with Gasteiger partial charge in [-0.05, 0) is 56.1 Å². The maximum absolute atomic E-state index is 12.5. The number of imide groups is 1. The van der Waals surface area contributed by atoms with Gasteiger partial charge < -0.3 is 15.7 Å². The third-order valence-electron chi connectivity index (χ3n) is 7.70. The van der Waals surface area contributed by atoms with Crippen molar-refractivity contribution in [2.75, 3.05) is 11.4 Å². The lowest BCUT2D eigenvalue weighted by Gasteiger charge is -2.39. The van der Waals surface area contributed by atoms with E-state index >= 15 is 0 Å². The minimum Gasteiger partial charge on any atom is -0.374 e. The highest BCUT2D eigenvalue weighted by molar-refractivity contribution is 6.00. The Hall–Kier alpha value is -1.96. The first-order valence-electron chi connectivity index (χ1n) is 11.9. The van der Waals surface area contributed by atoms with E-state index in [1.54, 1.807) is 0 Å². The predicted octanol–water partition coefficient (Wildman–Crippen LogP) is 2.17. The van der Waals surface area contributed by atoms with Gasteiger partial charge in [-0.2, -0.15) is 0 Å². The van der Waals surface area contributed by atoms with Crippen LogP contribution in [0.3, 0.4) is 0 Å². The number of nitrogens with zero attached hydrogens (tertiary/aromatic N) is 2. The van der Waals surface area contributed by atoms with Crippen molar-refractivity contribution in [1.82, 2.24) is 10.2 Å². The summed E-state index contributed by atoms with van der Waals surface area (Å²) < 4.78 is 0. The summed E-state index contributed by atoms with van der Waals surface area (Å²) in [7, 11) is 0. The number of piperidine rings is 1. The number of nitrogens with two attached hydrogens (primary N) is 1. The fourth-order valence-corrected chi connectivity index (χ4v) is 5.64. The molecule has 7 heteroatoms. The Balaban J connectivity index is 1.41. The van der Waals surface area contributed by atoms with Crippen LogP contribution in [0.15, 0.2) is 18.2 Å². The molecule has 2 aliphatic carbocycles. The number of hydrogen-bond donors (Lipinski definition) is 3. The van der Waals surface area contributed by atoms with Gasteiger partial charge in [0.15, 0.2) is 0 Å². The van der Waals surface area contributed by atoms with Crippen LogP contribution < -0.4 is 16.0 Å². The van der Waals surface area contributed by atoms with Crippen LogP contribution in [0.4, 0.5) is 5.69 Å². The topological polar surface area (TPSA) is 98.9 Å². The molecule has 2 heterocycles. The minimum absolute atomic E-state index is 0.227. The Morgan fingerprint density at radius 3 is 2.58 bits per heavy atom. The average Bonchev–Trinajstić information content (AvgIpc) is 3.52. The van der Waals surface area contributed by atoms with Crippen molar-refractivity contribution in [1.29, 1.82) is 0 Å². The Morgan fingerprint density at radius 1 is 1.10 bits per heavy atom. The second-order valence-corrected chi connectivity index (χ2v) is 9.85. The van der Waals surface area contributed by atoms with Crippen molar-refractivity contribution in [2.24, 2.45) is 11.7 Å². The molecule has 0 bridgehead atoms. The molecule has 3 fully saturated rings. The van der Waals surface area contributed by atoms with E-state index in [4.69, 9.17) is 5.73 Å². The average molecular weight is 427 g/mol. The van der Waals surface area contributed by atoms with E-state index < -0.39 is 12.3 Å². The minimum atomic E-state index is -0.816. The number of amides is 2. The number of rotatable bonds is 6. The molecule has 0 spiro atoms. The van der Waals surface area contributed by atoms with E-state index in [2.05, 4.69) is 16.3 Å². The summed E-state index contributed by atoms with van der Waals surface area (Å²) in [6.07, 6.45) is 8.20. The van der Waals surface area contributed by atoms with E-state index in [0.717, 1.165) is 49.3 Å². The maximum atomic E-state index is 12.5. The molecule has 2 aliphatic heterocycles. The second-order valence-electron chi connectivity index (χ2n) is 9.85. The lowest BCUT2D eigenvalue weighted by Crippen LogP contribution is -2.51. The Bertz CT molecular complexity index is 847. The van der Waals surface area contributed by atoms with Crippen LogP contribution >= 0.6 is 0 Å². The van der Waals surface area contributed by atoms with Crippen LogP contribution in [0, 0.1) is 5.92 Å². The van der Waals surface area contributed by atoms with Gasteiger partial charge in [0, 0.05) is 42.8 Å². The van der Waals surface area contributed by atoms with Gasteiger partial charge in [0.05, 0.1) is 6.04 Å². The SMILES string of the molecule is N[C@H]1CC[C@H](N(CCC2CC2)c2cccc3c2CN(C2CCC(=O)NC2=O)C3O)CC1. The fraction of sp³-hybridized carbons (Fsp3) is 0.667. The van der Waals surface area contributed by atoms with Crippen LogP contribution in [-0.4, -0.2) is 46.5 Å².